The molecule has 0 bridgehead atoms. The largest absolute Gasteiger partial charge is 0.325 e. The second-order valence-corrected chi connectivity index (χ2v) is 4.26. The van der Waals surface area contributed by atoms with Gasteiger partial charge in [0.15, 0.2) is 0 Å². The van der Waals surface area contributed by atoms with E-state index < -0.39 is 0 Å². The normalized spacial score (nSPS) is 16.4. The fourth-order valence-corrected chi connectivity index (χ4v) is 2.06. The van der Waals surface area contributed by atoms with Crippen LogP contribution in [0.3, 0.4) is 0 Å². The second-order valence-electron chi connectivity index (χ2n) is 4.26. The summed E-state index contributed by atoms with van der Waals surface area (Å²) in [4.78, 5) is 15.7. The summed E-state index contributed by atoms with van der Waals surface area (Å²) in [5, 5.41) is 8.70. The molecule has 4 heteroatoms. The maximum Gasteiger partial charge on any atom is 0.320 e. The molecule has 1 rings (SSSR count). The minimum Gasteiger partial charge on any atom is -0.325 e. The molecule has 2 amide bonds. The van der Waals surface area contributed by atoms with Crippen molar-refractivity contribution < 1.29 is 4.79 Å². The average Bonchev–Trinajstić information content (AvgIpc) is 2.56. The van der Waals surface area contributed by atoms with E-state index in [1.54, 1.807) is 4.90 Å². The van der Waals surface area contributed by atoms with Crippen LogP contribution in [0, 0.1) is 11.3 Å². The number of nitrogens with zero attached hydrogens (tertiary/aromatic N) is 3. The first kappa shape index (κ1) is 12.8. The highest BCUT2D eigenvalue weighted by Gasteiger charge is 2.20. The highest BCUT2D eigenvalue weighted by Crippen LogP contribution is 2.11. The van der Waals surface area contributed by atoms with Crippen molar-refractivity contribution in [1.82, 2.24) is 9.80 Å². The molecule has 0 atom stereocenters. The first-order valence-corrected chi connectivity index (χ1v) is 6.20. The standard InChI is InChI=1S/C12H21N3O/c1-2-8-14(11-7-13)12(16)15-9-5-3-4-6-10-15/h2-6,8-11H2,1H3. The van der Waals surface area contributed by atoms with Gasteiger partial charge in [-0.05, 0) is 19.3 Å². The van der Waals surface area contributed by atoms with E-state index in [1.807, 2.05) is 11.8 Å². The summed E-state index contributed by atoms with van der Waals surface area (Å²) in [6.07, 6.45) is 5.53. The Bertz CT molecular complexity index is 251. The molecular weight excluding hydrogens is 202 g/mol. The Kier molecular flexibility index (Phi) is 5.69. The summed E-state index contributed by atoms with van der Waals surface area (Å²) in [7, 11) is 0. The van der Waals surface area contributed by atoms with Crippen molar-refractivity contribution in [2.75, 3.05) is 26.2 Å². The zero-order valence-corrected chi connectivity index (χ0v) is 10.1. The minimum absolute atomic E-state index is 0.0466. The minimum atomic E-state index is 0.0466. The molecular formula is C12H21N3O. The third kappa shape index (κ3) is 3.73. The molecule has 0 saturated carbocycles. The lowest BCUT2D eigenvalue weighted by Gasteiger charge is -2.28. The molecule has 0 aliphatic carbocycles. The van der Waals surface area contributed by atoms with Crippen LogP contribution in [0.1, 0.15) is 39.0 Å². The van der Waals surface area contributed by atoms with E-state index in [1.165, 1.54) is 12.8 Å². The van der Waals surface area contributed by atoms with E-state index in [0.717, 1.165) is 32.4 Å². The zero-order chi connectivity index (χ0) is 11.8. The van der Waals surface area contributed by atoms with Crippen molar-refractivity contribution in [2.45, 2.75) is 39.0 Å². The molecule has 1 aliphatic rings. The Morgan fingerprint density at radius 3 is 2.44 bits per heavy atom. The van der Waals surface area contributed by atoms with Crippen LogP contribution < -0.4 is 0 Å². The number of amides is 2. The molecule has 0 N–H and O–H groups in total. The number of rotatable bonds is 3. The quantitative estimate of drug-likeness (QED) is 0.689. The summed E-state index contributed by atoms with van der Waals surface area (Å²) >= 11 is 0. The van der Waals surface area contributed by atoms with Gasteiger partial charge in [0.1, 0.15) is 6.54 Å². The van der Waals surface area contributed by atoms with Gasteiger partial charge in [0.25, 0.3) is 0 Å². The fourth-order valence-electron chi connectivity index (χ4n) is 2.06. The summed E-state index contributed by atoms with van der Waals surface area (Å²) in [5.74, 6) is 0. The third-order valence-corrected chi connectivity index (χ3v) is 2.90. The maximum atomic E-state index is 12.1. The number of nitriles is 1. The molecule has 1 fully saturated rings. The van der Waals surface area contributed by atoms with E-state index in [2.05, 4.69) is 6.07 Å². The molecule has 16 heavy (non-hydrogen) atoms. The lowest BCUT2D eigenvalue weighted by molar-refractivity contribution is 0.160. The predicted octanol–water partition coefficient (Wildman–Crippen LogP) is 2.22. The Balaban J connectivity index is 2.54. The van der Waals surface area contributed by atoms with Crippen molar-refractivity contribution in [3.05, 3.63) is 0 Å². The van der Waals surface area contributed by atoms with Crippen LogP contribution >= 0.6 is 0 Å². The molecule has 0 aromatic rings. The first-order valence-electron chi connectivity index (χ1n) is 6.20. The zero-order valence-electron chi connectivity index (χ0n) is 10.1. The predicted molar refractivity (Wildman–Crippen MR) is 62.9 cm³/mol. The molecule has 0 aromatic carbocycles. The average molecular weight is 223 g/mol. The van der Waals surface area contributed by atoms with Crippen LogP contribution in [0.25, 0.3) is 0 Å². The van der Waals surface area contributed by atoms with Crippen LogP contribution in [-0.4, -0.2) is 42.0 Å². The Labute approximate surface area is 97.8 Å². The van der Waals surface area contributed by atoms with Crippen LogP contribution in [0.15, 0.2) is 0 Å². The number of carbonyl (C=O) groups is 1. The molecule has 90 valence electrons. The summed E-state index contributed by atoms with van der Waals surface area (Å²) in [6, 6.07) is 2.11. The molecule has 0 spiro atoms. The van der Waals surface area contributed by atoms with Gasteiger partial charge in [0.05, 0.1) is 6.07 Å². The van der Waals surface area contributed by atoms with Crippen molar-refractivity contribution in [2.24, 2.45) is 0 Å². The van der Waals surface area contributed by atoms with E-state index in [0.29, 0.717) is 6.54 Å². The Hall–Kier alpha value is -1.24. The molecule has 0 aromatic heterocycles. The number of hydrogen-bond acceptors (Lipinski definition) is 2. The summed E-state index contributed by atoms with van der Waals surface area (Å²) < 4.78 is 0. The highest BCUT2D eigenvalue weighted by atomic mass is 16.2. The molecule has 0 unspecified atom stereocenters. The van der Waals surface area contributed by atoms with Gasteiger partial charge in [-0.3, -0.25) is 0 Å². The van der Waals surface area contributed by atoms with E-state index >= 15 is 0 Å². The highest BCUT2D eigenvalue weighted by molar-refractivity contribution is 5.74. The number of urea groups is 1. The van der Waals surface area contributed by atoms with Gasteiger partial charge in [0.2, 0.25) is 0 Å². The van der Waals surface area contributed by atoms with Gasteiger partial charge < -0.3 is 9.80 Å². The number of carbonyl (C=O) groups excluding carboxylic acids is 1. The van der Waals surface area contributed by atoms with E-state index in [4.69, 9.17) is 5.26 Å². The van der Waals surface area contributed by atoms with E-state index in [-0.39, 0.29) is 12.6 Å². The summed E-state index contributed by atoms with van der Waals surface area (Å²) in [5.41, 5.74) is 0. The van der Waals surface area contributed by atoms with Gasteiger partial charge in [-0.15, -0.1) is 0 Å². The van der Waals surface area contributed by atoms with Crippen molar-refractivity contribution in [3.63, 3.8) is 0 Å². The van der Waals surface area contributed by atoms with Gasteiger partial charge in [-0.1, -0.05) is 19.8 Å². The lowest BCUT2D eigenvalue weighted by Crippen LogP contribution is -2.44. The maximum absolute atomic E-state index is 12.1. The first-order chi connectivity index (χ1) is 7.79. The Morgan fingerprint density at radius 2 is 1.94 bits per heavy atom. The summed E-state index contributed by atoms with van der Waals surface area (Å²) in [6.45, 7) is 4.63. The van der Waals surface area contributed by atoms with E-state index in [9.17, 15) is 4.79 Å². The number of hydrogen-bond donors (Lipinski definition) is 0. The van der Waals surface area contributed by atoms with Crippen LogP contribution in [0.2, 0.25) is 0 Å². The van der Waals surface area contributed by atoms with Crippen LogP contribution in [-0.2, 0) is 0 Å². The monoisotopic (exact) mass is 223 g/mol. The van der Waals surface area contributed by atoms with Crippen molar-refractivity contribution in [3.8, 4) is 6.07 Å². The topological polar surface area (TPSA) is 47.3 Å². The van der Waals surface area contributed by atoms with Gasteiger partial charge >= 0.3 is 6.03 Å². The smallest absolute Gasteiger partial charge is 0.320 e. The van der Waals surface area contributed by atoms with Gasteiger partial charge in [-0.2, -0.15) is 5.26 Å². The van der Waals surface area contributed by atoms with Crippen molar-refractivity contribution in [1.29, 1.82) is 5.26 Å². The number of likely N-dealkylation sites (tertiary alicyclic amines) is 1. The molecule has 1 saturated heterocycles. The fraction of sp³-hybridized carbons (Fsp3) is 0.833. The van der Waals surface area contributed by atoms with Gasteiger partial charge in [-0.25, -0.2) is 4.79 Å². The van der Waals surface area contributed by atoms with Crippen LogP contribution in [0.4, 0.5) is 4.79 Å². The molecule has 1 aliphatic heterocycles. The van der Waals surface area contributed by atoms with Gasteiger partial charge in [0, 0.05) is 19.6 Å². The SMILES string of the molecule is CCCN(CC#N)C(=O)N1CCCCCC1. The third-order valence-electron chi connectivity index (χ3n) is 2.90. The Morgan fingerprint density at radius 1 is 1.31 bits per heavy atom. The lowest BCUT2D eigenvalue weighted by atomic mass is 10.2. The molecule has 4 nitrogen and oxygen atoms in total. The van der Waals surface area contributed by atoms with Crippen molar-refractivity contribution >= 4 is 6.03 Å². The second kappa shape index (κ2) is 7.10. The van der Waals surface area contributed by atoms with Crippen LogP contribution in [0.5, 0.6) is 0 Å². The molecule has 0 radical (unpaired) electrons. The molecule has 1 heterocycles.